The molecule has 11 heteroatoms. The van der Waals surface area contributed by atoms with E-state index in [0.29, 0.717) is 51.4 Å². The lowest BCUT2D eigenvalue weighted by Crippen LogP contribution is -2.39. The number of carboxylic acids is 1. The molecule has 7 N–H and O–H groups in total. The van der Waals surface area contributed by atoms with Gasteiger partial charge in [0.15, 0.2) is 10.5 Å². The van der Waals surface area contributed by atoms with Gasteiger partial charge in [0.2, 0.25) is 5.91 Å². The molecule has 202 valence electrons. The minimum atomic E-state index is -1.15. The Morgan fingerprint density at radius 3 is 2.54 bits per heavy atom. The Labute approximate surface area is 229 Å². The van der Waals surface area contributed by atoms with Crippen molar-refractivity contribution < 1.29 is 24.2 Å². The van der Waals surface area contributed by atoms with Gasteiger partial charge in [-0.3, -0.25) is 9.59 Å². The van der Waals surface area contributed by atoms with Crippen LogP contribution < -0.4 is 27.1 Å². The van der Waals surface area contributed by atoms with Gasteiger partial charge in [0.25, 0.3) is 0 Å². The van der Waals surface area contributed by atoms with Crippen molar-refractivity contribution >= 4 is 45.9 Å². The Morgan fingerprint density at radius 1 is 1.05 bits per heavy atom. The summed E-state index contributed by atoms with van der Waals surface area (Å²) >= 11 is 5.37. The lowest BCUT2D eigenvalue weighted by Gasteiger charge is -2.18. The Hall–Kier alpha value is -4.48. The summed E-state index contributed by atoms with van der Waals surface area (Å²) in [7, 11) is 1.69. The van der Waals surface area contributed by atoms with Crippen LogP contribution in [0.1, 0.15) is 29.6 Å². The molecule has 1 heterocycles. The van der Waals surface area contributed by atoms with Crippen LogP contribution in [-0.4, -0.2) is 46.8 Å². The van der Waals surface area contributed by atoms with Crippen LogP contribution in [0.15, 0.2) is 63.8 Å². The number of fused-ring (bicyclic) bond motifs is 2. The molecule has 0 fully saturated rings. The van der Waals surface area contributed by atoms with E-state index in [-0.39, 0.29) is 34.5 Å². The summed E-state index contributed by atoms with van der Waals surface area (Å²) in [6.07, 6.45) is 2.13. The molecule has 0 spiro atoms. The number of carbonyl (C=O) groups is 2. The van der Waals surface area contributed by atoms with Gasteiger partial charge >= 0.3 is 5.97 Å². The van der Waals surface area contributed by atoms with Gasteiger partial charge in [-0.05, 0) is 80.5 Å². The molecule has 1 amide bonds. The minimum Gasteiger partial charge on any atom is -0.508 e. The largest absolute Gasteiger partial charge is 0.508 e. The number of amides is 1. The Morgan fingerprint density at radius 2 is 1.82 bits per heavy atom. The number of nitrogens with one attached hydrogen (secondary N) is 3. The van der Waals surface area contributed by atoms with Gasteiger partial charge in [-0.15, -0.1) is 0 Å². The summed E-state index contributed by atoms with van der Waals surface area (Å²) in [6.45, 7) is 0.560. The highest BCUT2D eigenvalue weighted by Gasteiger charge is 2.22. The molecule has 0 saturated heterocycles. The number of carboxylic acid groups (broad SMARTS) is 1. The zero-order valence-electron chi connectivity index (χ0n) is 21.1. The molecule has 4 rings (SSSR count). The fourth-order valence-electron chi connectivity index (χ4n) is 4.45. The van der Waals surface area contributed by atoms with Crippen LogP contribution in [0, 0.1) is 0 Å². The zero-order valence-corrected chi connectivity index (χ0v) is 21.9. The normalized spacial score (nSPS) is 11.8. The van der Waals surface area contributed by atoms with E-state index in [4.69, 9.17) is 22.4 Å². The number of rotatable bonds is 10. The number of carbonyl (C=O) groups excluding carboxylic acids is 1. The smallest absolute Gasteiger partial charge is 0.336 e. The SMILES string of the molecule is CNC(CCCCNC(=S)Nc1ccc(-c2c3ccc(=O)cc-3oc3cc(O)ccc23)c(C(=O)O)c1)C(N)=O. The maximum absolute atomic E-state index is 12.4. The van der Waals surface area contributed by atoms with Crippen LogP contribution in [-0.2, 0) is 4.79 Å². The van der Waals surface area contributed by atoms with Gasteiger partial charge in [-0.1, -0.05) is 6.07 Å². The molecule has 0 aromatic heterocycles. The summed E-state index contributed by atoms with van der Waals surface area (Å²) in [5, 5.41) is 29.9. The van der Waals surface area contributed by atoms with Gasteiger partial charge in [0.05, 0.1) is 11.6 Å². The first-order valence-corrected chi connectivity index (χ1v) is 12.7. The van der Waals surface area contributed by atoms with Crippen molar-refractivity contribution in [1.29, 1.82) is 0 Å². The standard InChI is InChI=1S/C28H28N4O6S/c1-30-22(26(29)35)4-2-3-11-31-28(39)32-15-5-8-18(21(12-15)27(36)37)25-19-9-6-16(33)13-23(19)38-24-14-17(34)7-10-20(24)25/h5-10,12-14,22,30,33H,2-4,11H2,1H3,(H2,29,35)(H,36,37)(H2,31,32,39). The second kappa shape index (κ2) is 11.9. The van der Waals surface area contributed by atoms with Crippen molar-refractivity contribution in [1.82, 2.24) is 10.6 Å². The molecule has 2 aromatic rings. The number of benzene rings is 3. The average molecular weight is 549 g/mol. The highest BCUT2D eigenvalue weighted by molar-refractivity contribution is 7.80. The Bertz CT molecular complexity index is 1580. The topological polar surface area (TPSA) is 167 Å². The van der Waals surface area contributed by atoms with Crippen LogP contribution in [0.3, 0.4) is 0 Å². The number of unbranched alkanes of at least 4 members (excludes halogenated alkanes) is 1. The first kappa shape index (κ1) is 27.6. The number of hydrogen-bond acceptors (Lipinski definition) is 7. The number of phenolic OH excluding ortho intramolecular Hbond substituents is 1. The molecule has 1 atom stereocenters. The molecule has 1 unspecified atom stereocenters. The van der Waals surface area contributed by atoms with Crippen LogP contribution in [0.2, 0.25) is 0 Å². The second-order valence-corrected chi connectivity index (χ2v) is 9.41. The number of nitrogens with two attached hydrogens (primary N) is 1. The molecular weight excluding hydrogens is 520 g/mol. The number of thiocarbonyl (C=S) groups is 1. The van der Waals surface area contributed by atoms with Crippen LogP contribution in [0.5, 0.6) is 5.75 Å². The monoisotopic (exact) mass is 548 g/mol. The summed E-state index contributed by atoms with van der Waals surface area (Å²) in [5.74, 6) is -1.29. The lowest BCUT2D eigenvalue weighted by atomic mass is 9.90. The summed E-state index contributed by atoms with van der Waals surface area (Å²) in [5.41, 5.74) is 7.40. The number of hydrogen-bond donors (Lipinski definition) is 6. The van der Waals surface area contributed by atoms with Gasteiger partial charge < -0.3 is 36.3 Å². The fraction of sp³-hybridized carbons (Fsp3) is 0.214. The number of phenols is 1. The van der Waals surface area contributed by atoms with Crippen LogP contribution in [0.4, 0.5) is 5.69 Å². The number of aromatic carboxylic acids is 1. The molecular formula is C28H28N4O6S. The third-order valence-electron chi connectivity index (χ3n) is 6.35. The van der Waals surface area contributed by atoms with Gasteiger partial charge in [-0.25, -0.2) is 4.79 Å². The first-order chi connectivity index (χ1) is 18.7. The van der Waals surface area contributed by atoms with Crippen LogP contribution in [0.25, 0.3) is 33.4 Å². The van der Waals surface area contributed by atoms with E-state index in [1.165, 1.54) is 30.3 Å². The van der Waals surface area contributed by atoms with E-state index in [0.717, 1.165) is 12.8 Å². The third-order valence-corrected chi connectivity index (χ3v) is 6.60. The molecule has 0 saturated carbocycles. The minimum absolute atomic E-state index is 0.0143. The highest BCUT2D eigenvalue weighted by atomic mass is 32.1. The summed E-state index contributed by atoms with van der Waals surface area (Å²) in [4.78, 5) is 35.6. The maximum atomic E-state index is 12.4. The van der Waals surface area contributed by atoms with Crippen molar-refractivity contribution in [3.05, 3.63) is 70.4 Å². The summed E-state index contributed by atoms with van der Waals surface area (Å²) in [6, 6.07) is 13.4. The van der Waals surface area contributed by atoms with Crippen molar-refractivity contribution in [3.63, 3.8) is 0 Å². The second-order valence-electron chi connectivity index (χ2n) is 9.00. The van der Waals surface area contributed by atoms with E-state index in [1.807, 2.05) is 0 Å². The molecule has 1 aliphatic carbocycles. The predicted molar refractivity (Wildman–Crippen MR) is 153 cm³/mol. The Kier molecular flexibility index (Phi) is 8.43. The van der Waals surface area contributed by atoms with Gasteiger partial charge in [0, 0.05) is 40.9 Å². The fourth-order valence-corrected chi connectivity index (χ4v) is 4.67. The van der Waals surface area contributed by atoms with E-state index in [2.05, 4.69) is 16.0 Å². The van der Waals surface area contributed by atoms with Crippen molar-refractivity contribution in [2.75, 3.05) is 18.9 Å². The Balaban J connectivity index is 1.58. The van der Waals surface area contributed by atoms with E-state index in [9.17, 15) is 24.6 Å². The molecule has 2 aromatic carbocycles. The number of anilines is 1. The molecule has 2 aliphatic rings. The van der Waals surface area contributed by atoms with Crippen LogP contribution >= 0.6 is 12.2 Å². The van der Waals surface area contributed by atoms with E-state index < -0.39 is 5.97 Å². The highest BCUT2D eigenvalue weighted by Crippen LogP contribution is 2.42. The molecule has 0 bridgehead atoms. The van der Waals surface area contributed by atoms with Gasteiger partial charge in [0.1, 0.15) is 17.1 Å². The number of likely N-dealkylation sites (N-methyl/N-ethyl adjacent to an activating group) is 1. The van der Waals surface area contributed by atoms with Crippen molar-refractivity contribution in [2.45, 2.75) is 25.3 Å². The molecule has 1 aliphatic heterocycles. The van der Waals surface area contributed by atoms with Crippen molar-refractivity contribution in [3.8, 4) is 28.2 Å². The van der Waals surface area contributed by atoms with E-state index in [1.54, 1.807) is 31.3 Å². The first-order valence-electron chi connectivity index (χ1n) is 12.3. The predicted octanol–water partition coefficient (Wildman–Crippen LogP) is 3.50. The molecule has 39 heavy (non-hydrogen) atoms. The van der Waals surface area contributed by atoms with Gasteiger partial charge in [-0.2, -0.15) is 0 Å². The summed E-state index contributed by atoms with van der Waals surface area (Å²) < 4.78 is 5.86. The molecule has 10 nitrogen and oxygen atoms in total. The molecule has 0 radical (unpaired) electrons. The third kappa shape index (κ3) is 6.33. The quantitative estimate of drug-likeness (QED) is 0.0980. The van der Waals surface area contributed by atoms with Crippen molar-refractivity contribution in [2.24, 2.45) is 5.73 Å². The lowest BCUT2D eigenvalue weighted by molar-refractivity contribution is -0.120. The maximum Gasteiger partial charge on any atom is 0.336 e. The number of aromatic hydroxyl groups is 1. The zero-order chi connectivity index (χ0) is 28.1. The van der Waals surface area contributed by atoms with E-state index >= 15 is 0 Å². The number of primary amides is 1. The average Bonchev–Trinajstić information content (AvgIpc) is 2.89.